The monoisotopic (exact) mass is 283 g/mol. The highest BCUT2D eigenvalue weighted by Gasteiger charge is 2.12. The highest BCUT2D eigenvalue weighted by molar-refractivity contribution is 5.82. The van der Waals surface area contributed by atoms with Crippen LogP contribution in [0.5, 0.6) is 0 Å². The van der Waals surface area contributed by atoms with Crippen LogP contribution < -0.4 is 5.32 Å². The third-order valence-corrected chi connectivity index (χ3v) is 4.16. The number of hydrogen-bond acceptors (Lipinski definition) is 3. The van der Waals surface area contributed by atoms with Gasteiger partial charge in [0, 0.05) is 42.3 Å². The Morgan fingerprint density at radius 2 is 1.81 bits per heavy atom. The fourth-order valence-electron chi connectivity index (χ4n) is 2.83. The van der Waals surface area contributed by atoms with E-state index in [4.69, 9.17) is 4.42 Å². The predicted molar refractivity (Wildman–Crippen MR) is 84.2 cm³/mol. The van der Waals surface area contributed by atoms with Crippen molar-refractivity contribution in [3.63, 3.8) is 0 Å². The standard InChI is InChI=1S/C17H21N3O/c1-11-15(12(2)20(4)19-11)9-18-10-16-13(3)21-17-8-6-5-7-14(16)17/h5-8,18H,9-10H2,1-4H3. The van der Waals surface area contributed by atoms with Crippen molar-refractivity contribution in [2.45, 2.75) is 33.9 Å². The van der Waals surface area contributed by atoms with Crippen LogP contribution in [0.1, 0.15) is 28.3 Å². The molecule has 0 saturated heterocycles. The molecule has 0 bridgehead atoms. The first-order valence-corrected chi connectivity index (χ1v) is 7.24. The van der Waals surface area contributed by atoms with E-state index in [1.165, 1.54) is 22.2 Å². The Bertz CT molecular complexity index is 783. The van der Waals surface area contributed by atoms with Crippen LogP contribution in [0.2, 0.25) is 0 Å². The lowest BCUT2D eigenvalue weighted by Crippen LogP contribution is -2.14. The predicted octanol–water partition coefficient (Wildman–Crippen LogP) is 3.38. The van der Waals surface area contributed by atoms with Crippen molar-refractivity contribution in [3.8, 4) is 0 Å². The van der Waals surface area contributed by atoms with Crippen LogP contribution in [0.3, 0.4) is 0 Å². The van der Waals surface area contributed by atoms with Crippen LogP contribution in [0.4, 0.5) is 0 Å². The van der Waals surface area contributed by atoms with Gasteiger partial charge in [0.05, 0.1) is 5.69 Å². The summed E-state index contributed by atoms with van der Waals surface area (Å²) >= 11 is 0. The second kappa shape index (κ2) is 5.37. The molecule has 0 aliphatic carbocycles. The number of para-hydroxylation sites is 1. The number of nitrogens with one attached hydrogen (secondary N) is 1. The lowest BCUT2D eigenvalue weighted by atomic mass is 10.1. The quantitative estimate of drug-likeness (QED) is 0.798. The van der Waals surface area contributed by atoms with E-state index in [2.05, 4.69) is 36.4 Å². The second-order valence-corrected chi connectivity index (χ2v) is 5.51. The molecule has 21 heavy (non-hydrogen) atoms. The Balaban J connectivity index is 1.77. The number of nitrogens with zero attached hydrogens (tertiary/aromatic N) is 2. The Kier molecular flexibility index (Phi) is 3.55. The summed E-state index contributed by atoms with van der Waals surface area (Å²) in [6, 6.07) is 8.19. The molecule has 1 aromatic carbocycles. The van der Waals surface area contributed by atoms with E-state index >= 15 is 0 Å². The zero-order valence-electron chi connectivity index (χ0n) is 13.0. The summed E-state index contributed by atoms with van der Waals surface area (Å²) in [7, 11) is 1.99. The summed E-state index contributed by atoms with van der Waals surface area (Å²) in [5.41, 5.74) is 5.79. The summed E-state index contributed by atoms with van der Waals surface area (Å²) in [4.78, 5) is 0. The maximum Gasteiger partial charge on any atom is 0.134 e. The number of aryl methyl sites for hydroxylation is 3. The smallest absolute Gasteiger partial charge is 0.134 e. The maximum atomic E-state index is 5.80. The van der Waals surface area contributed by atoms with Gasteiger partial charge >= 0.3 is 0 Å². The molecule has 110 valence electrons. The van der Waals surface area contributed by atoms with Crippen LogP contribution in [0.15, 0.2) is 28.7 Å². The Morgan fingerprint density at radius 3 is 2.52 bits per heavy atom. The first-order chi connectivity index (χ1) is 10.1. The number of furan rings is 1. The molecular formula is C17H21N3O. The van der Waals surface area contributed by atoms with Gasteiger partial charge in [-0.2, -0.15) is 5.10 Å². The van der Waals surface area contributed by atoms with Gasteiger partial charge in [0.2, 0.25) is 0 Å². The van der Waals surface area contributed by atoms with Crippen LogP contribution in [-0.4, -0.2) is 9.78 Å². The molecule has 0 radical (unpaired) electrons. The number of hydrogen-bond donors (Lipinski definition) is 1. The Hall–Kier alpha value is -2.07. The molecule has 0 aliphatic rings. The third kappa shape index (κ3) is 2.47. The molecule has 2 heterocycles. The molecule has 2 aromatic heterocycles. The second-order valence-electron chi connectivity index (χ2n) is 5.51. The van der Waals surface area contributed by atoms with E-state index in [0.717, 1.165) is 30.1 Å². The lowest BCUT2D eigenvalue weighted by molar-refractivity contribution is 0.564. The van der Waals surface area contributed by atoms with Crippen molar-refractivity contribution in [1.82, 2.24) is 15.1 Å². The minimum atomic E-state index is 0.802. The van der Waals surface area contributed by atoms with Crippen molar-refractivity contribution in [1.29, 1.82) is 0 Å². The van der Waals surface area contributed by atoms with Gasteiger partial charge in [-0.15, -0.1) is 0 Å². The molecule has 3 aromatic rings. The molecule has 0 atom stereocenters. The van der Waals surface area contributed by atoms with Gasteiger partial charge in [-0.05, 0) is 26.8 Å². The molecule has 0 saturated carbocycles. The first-order valence-electron chi connectivity index (χ1n) is 7.24. The van der Waals surface area contributed by atoms with Crippen LogP contribution in [0.25, 0.3) is 11.0 Å². The summed E-state index contributed by atoms with van der Waals surface area (Å²) in [6.45, 7) is 7.82. The normalized spacial score (nSPS) is 11.4. The van der Waals surface area contributed by atoms with E-state index < -0.39 is 0 Å². The molecule has 1 N–H and O–H groups in total. The summed E-state index contributed by atoms with van der Waals surface area (Å²) in [5.74, 6) is 0.989. The van der Waals surface area contributed by atoms with Crippen molar-refractivity contribution in [2.24, 2.45) is 7.05 Å². The molecule has 0 spiro atoms. The van der Waals surface area contributed by atoms with E-state index in [1.807, 2.05) is 30.8 Å². The molecule has 0 amide bonds. The molecule has 0 aliphatic heterocycles. The van der Waals surface area contributed by atoms with Crippen molar-refractivity contribution >= 4 is 11.0 Å². The molecule has 3 rings (SSSR count). The van der Waals surface area contributed by atoms with E-state index in [1.54, 1.807) is 0 Å². The minimum Gasteiger partial charge on any atom is -0.461 e. The minimum absolute atomic E-state index is 0.802. The van der Waals surface area contributed by atoms with E-state index in [0.29, 0.717) is 0 Å². The highest BCUT2D eigenvalue weighted by Crippen LogP contribution is 2.25. The Morgan fingerprint density at radius 1 is 1.10 bits per heavy atom. The number of fused-ring (bicyclic) bond motifs is 1. The number of rotatable bonds is 4. The van der Waals surface area contributed by atoms with Gasteiger partial charge in [0.25, 0.3) is 0 Å². The summed E-state index contributed by atoms with van der Waals surface area (Å²) in [6.07, 6.45) is 0. The van der Waals surface area contributed by atoms with E-state index in [9.17, 15) is 0 Å². The molecular weight excluding hydrogens is 262 g/mol. The molecule has 4 nitrogen and oxygen atoms in total. The van der Waals surface area contributed by atoms with Gasteiger partial charge in [-0.3, -0.25) is 4.68 Å². The molecule has 0 unspecified atom stereocenters. The summed E-state index contributed by atoms with van der Waals surface area (Å²) < 4.78 is 7.73. The lowest BCUT2D eigenvalue weighted by Gasteiger charge is -2.05. The zero-order valence-corrected chi connectivity index (χ0v) is 13.0. The third-order valence-electron chi connectivity index (χ3n) is 4.16. The van der Waals surface area contributed by atoms with Crippen LogP contribution in [-0.2, 0) is 20.1 Å². The fraction of sp³-hybridized carbons (Fsp3) is 0.353. The Labute approximate surface area is 124 Å². The van der Waals surface area contributed by atoms with E-state index in [-0.39, 0.29) is 0 Å². The fourth-order valence-corrected chi connectivity index (χ4v) is 2.83. The number of aromatic nitrogens is 2. The van der Waals surface area contributed by atoms with Gasteiger partial charge in [-0.25, -0.2) is 0 Å². The van der Waals surface area contributed by atoms with Crippen molar-refractivity contribution < 1.29 is 4.42 Å². The average molecular weight is 283 g/mol. The zero-order chi connectivity index (χ0) is 15.0. The summed E-state index contributed by atoms with van der Waals surface area (Å²) in [5, 5.41) is 9.17. The SMILES string of the molecule is Cc1nn(C)c(C)c1CNCc1c(C)oc2ccccc12. The molecule has 0 fully saturated rings. The first kappa shape index (κ1) is 13.9. The van der Waals surface area contributed by atoms with Gasteiger partial charge < -0.3 is 9.73 Å². The van der Waals surface area contributed by atoms with Crippen molar-refractivity contribution in [2.75, 3.05) is 0 Å². The topological polar surface area (TPSA) is 43.0 Å². The van der Waals surface area contributed by atoms with Crippen LogP contribution in [0, 0.1) is 20.8 Å². The number of benzene rings is 1. The average Bonchev–Trinajstić information content (AvgIpc) is 2.90. The van der Waals surface area contributed by atoms with Crippen molar-refractivity contribution in [3.05, 3.63) is 52.5 Å². The van der Waals surface area contributed by atoms with Gasteiger partial charge in [0.1, 0.15) is 11.3 Å². The van der Waals surface area contributed by atoms with Gasteiger partial charge in [0.15, 0.2) is 0 Å². The highest BCUT2D eigenvalue weighted by atomic mass is 16.3. The molecule has 4 heteroatoms. The maximum absolute atomic E-state index is 5.80. The van der Waals surface area contributed by atoms with Crippen LogP contribution >= 0.6 is 0 Å². The largest absolute Gasteiger partial charge is 0.461 e. The van der Waals surface area contributed by atoms with Gasteiger partial charge in [-0.1, -0.05) is 18.2 Å².